The zero-order valence-corrected chi connectivity index (χ0v) is 26.9. The van der Waals surface area contributed by atoms with E-state index in [9.17, 15) is 10.4 Å². The molecule has 1 aliphatic rings. The van der Waals surface area contributed by atoms with Crippen molar-refractivity contribution in [2.24, 2.45) is 0 Å². The third kappa shape index (κ3) is 5.91. The van der Waals surface area contributed by atoms with Crippen molar-refractivity contribution < 1.29 is 9.76 Å². The van der Waals surface area contributed by atoms with Crippen molar-refractivity contribution in [1.82, 2.24) is 4.98 Å². The van der Waals surface area contributed by atoms with Gasteiger partial charge in [-0.2, -0.15) is 5.26 Å². The van der Waals surface area contributed by atoms with E-state index < -0.39 is 11.2 Å². The Morgan fingerprint density at radius 2 is 1.80 bits per heavy atom. The molecule has 0 saturated heterocycles. The minimum atomic E-state index is -1.04. The van der Waals surface area contributed by atoms with Crippen molar-refractivity contribution in [1.29, 1.82) is 5.26 Å². The molecular weight excluding hydrogens is 579 g/mol. The summed E-state index contributed by atoms with van der Waals surface area (Å²) in [7, 11) is 1.66. The van der Waals surface area contributed by atoms with Crippen LogP contribution in [-0.4, -0.2) is 28.8 Å². The number of allylic oxidation sites excluding steroid dienone is 4. The van der Waals surface area contributed by atoms with Gasteiger partial charge in [-0.15, -0.1) is 11.3 Å². The first kappa shape index (κ1) is 30.1. The van der Waals surface area contributed by atoms with Crippen LogP contribution in [0.3, 0.4) is 0 Å². The average Bonchev–Trinajstić information content (AvgIpc) is 3.41. The molecule has 1 radical (unpaired) electrons. The second-order valence-electron chi connectivity index (χ2n) is 12.0. The highest BCUT2D eigenvalue weighted by Gasteiger charge is 2.36. The first-order chi connectivity index (χ1) is 21.0. The van der Waals surface area contributed by atoms with Gasteiger partial charge in [0.25, 0.3) is 0 Å². The van der Waals surface area contributed by atoms with Crippen LogP contribution in [0.1, 0.15) is 38.8 Å². The van der Waals surface area contributed by atoms with Gasteiger partial charge >= 0.3 is 7.48 Å². The minimum absolute atomic E-state index is 0.606. The fraction of sp³-hybridized carbons (Fsp3) is 0.189. The van der Waals surface area contributed by atoms with Crippen LogP contribution in [0.2, 0.25) is 0 Å². The van der Waals surface area contributed by atoms with E-state index in [1.807, 2.05) is 44.2 Å². The van der Waals surface area contributed by atoms with Crippen molar-refractivity contribution in [3.8, 4) is 28.3 Å². The molecule has 1 aliphatic heterocycles. The molecule has 0 saturated carbocycles. The lowest BCUT2D eigenvalue weighted by atomic mass is 9.83. The number of hydrogen-bond acceptors (Lipinski definition) is 6. The Morgan fingerprint density at radius 1 is 0.977 bits per heavy atom. The van der Waals surface area contributed by atoms with Crippen LogP contribution < -0.4 is 5.59 Å². The molecule has 3 aromatic carbocycles. The Hall–Kier alpha value is -3.93. The van der Waals surface area contributed by atoms with Crippen LogP contribution in [-0.2, 0) is 11.1 Å². The molecule has 0 amide bonds. The van der Waals surface area contributed by atoms with Crippen molar-refractivity contribution >= 4 is 56.3 Å². The Balaban J connectivity index is 1.46. The smallest absolute Gasteiger partial charge is 0.352 e. The van der Waals surface area contributed by atoms with Gasteiger partial charge in [-0.3, -0.25) is 4.98 Å². The van der Waals surface area contributed by atoms with Crippen LogP contribution in [0.25, 0.3) is 42.4 Å². The molecule has 0 atom stereocenters. The SMILES string of the molecule is C=C1/C=C\C=C/Cc2cccc(-c3cc(C#N)cc(-c4ccc5sc6ccnc([B]OC(C)(C)C(C)(C)O)c6c5c4)c3)c2S1. The van der Waals surface area contributed by atoms with Crippen molar-refractivity contribution in [3.63, 3.8) is 0 Å². The van der Waals surface area contributed by atoms with Gasteiger partial charge in [-0.25, -0.2) is 0 Å². The topological polar surface area (TPSA) is 66.1 Å². The molecule has 3 heterocycles. The lowest BCUT2D eigenvalue weighted by molar-refractivity contribution is -0.0893. The predicted octanol–water partition coefficient (Wildman–Crippen LogP) is 8.74. The number of thioether (sulfide) groups is 1. The number of rotatable bonds is 6. The van der Waals surface area contributed by atoms with E-state index in [0.29, 0.717) is 11.2 Å². The van der Waals surface area contributed by atoms with Gasteiger partial charge in [0.15, 0.2) is 0 Å². The monoisotopic (exact) mass is 611 g/mol. The van der Waals surface area contributed by atoms with Gasteiger partial charge in [0, 0.05) is 41.8 Å². The number of pyridine rings is 1. The molecule has 0 aliphatic carbocycles. The summed E-state index contributed by atoms with van der Waals surface area (Å²) >= 11 is 3.38. The first-order valence-corrected chi connectivity index (χ1v) is 16.1. The van der Waals surface area contributed by atoms with Crippen LogP contribution in [0.5, 0.6) is 0 Å². The van der Waals surface area contributed by atoms with Gasteiger partial charge in [0.2, 0.25) is 0 Å². The second kappa shape index (κ2) is 11.9. The normalized spacial score (nSPS) is 15.2. The van der Waals surface area contributed by atoms with E-state index in [0.717, 1.165) is 58.6 Å². The molecule has 5 aromatic rings. The summed E-state index contributed by atoms with van der Waals surface area (Å²) in [5, 5.41) is 22.7. The fourth-order valence-corrected chi connectivity index (χ4v) is 7.15. The van der Waals surface area contributed by atoms with Gasteiger partial charge in [-0.1, -0.05) is 60.8 Å². The Labute approximate surface area is 267 Å². The quantitative estimate of drug-likeness (QED) is 0.195. The summed E-state index contributed by atoms with van der Waals surface area (Å²) in [6.07, 6.45) is 10.9. The van der Waals surface area contributed by atoms with Crippen molar-refractivity contribution in [3.05, 3.63) is 114 Å². The summed E-state index contributed by atoms with van der Waals surface area (Å²) in [5.41, 5.74) is 4.77. The predicted molar refractivity (Wildman–Crippen MR) is 187 cm³/mol. The fourth-order valence-electron chi connectivity index (χ4n) is 5.07. The highest BCUT2D eigenvalue weighted by Crippen LogP contribution is 2.41. The number of nitrogens with zero attached hydrogens (tertiary/aromatic N) is 2. The van der Waals surface area contributed by atoms with Crippen LogP contribution >= 0.6 is 23.1 Å². The number of hydrogen-bond donors (Lipinski definition) is 1. The van der Waals surface area contributed by atoms with Gasteiger partial charge in [0.05, 0.1) is 22.8 Å². The zero-order chi connectivity index (χ0) is 31.1. The summed E-state index contributed by atoms with van der Waals surface area (Å²) < 4.78 is 8.35. The summed E-state index contributed by atoms with van der Waals surface area (Å²) in [6.45, 7) is 11.5. The highest BCUT2D eigenvalue weighted by atomic mass is 32.2. The standard InChI is InChI=1S/C37H32BN2O2S2/c1-23-10-7-6-8-11-25-12-9-13-29(34(25)43-23)28-19-24(22-39)18-27(20-28)26-14-15-31-30(21-26)33-32(44-31)16-17-40-35(33)38-42-37(4,5)36(2,3)41/h6-10,12-21,41H,1,11H2,2-5H3/b8-6-,10-7-. The van der Waals surface area contributed by atoms with E-state index in [2.05, 4.69) is 72.2 Å². The van der Waals surface area contributed by atoms with E-state index >= 15 is 0 Å². The summed E-state index contributed by atoms with van der Waals surface area (Å²) in [5.74, 6) is 0. The molecular formula is C37H32BN2O2S2. The number of aromatic nitrogens is 1. The molecule has 2 aromatic heterocycles. The van der Waals surface area contributed by atoms with Gasteiger partial charge in [0.1, 0.15) is 0 Å². The maximum absolute atomic E-state index is 10.6. The van der Waals surface area contributed by atoms with E-state index in [4.69, 9.17) is 4.65 Å². The molecule has 0 bridgehead atoms. The number of thiophene rings is 1. The molecule has 6 rings (SSSR count). The lowest BCUT2D eigenvalue weighted by Gasteiger charge is -2.37. The molecule has 0 unspecified atom stereocenters. The Bertz CT molecular complexity index is 2030. The van der Waals surface area contributed by atoms with Crippen molar-refractivity contribution in [2.75, 3.05) is 0 Å². The molecule has 0 spiro atoms. The zero-order valence-electron chi connectivity index (χ0n) is 25.2. The Morgan fingerprint density at radius 3 is 2.59 bits per heavy atom. The van der Waals surface area contributed by atoms with Gasteiger partial charge < -0.3 is 9.76 Å². The molecule has 44 heavy (non-hydrogen) atoms. The molecule has 1 N–H and O–H groups in total. The first-order valence-electron chi connectivity index (χ1n) is 14.5. The number of aliphatic hydroxyl groups is 1. The van der Waals surface area contributed by atoms with E-state index in [-0.39, 0.29) is 0 Å². The van der Waals surface area contributed by atoms with E-state index in [1.165, 1.54) is 5.56 Å². The second-order valence-corrected chi connectivity index (χ2v) is 14.2. The van der Waals surface area contributed by atoms with Crippen LogP contribution in [0.4, 0.5) is 0 Å². The summed E-state index contributed by atoms with van der Waals surface area (Å²) in [6, 6.07) is 23.3. The van der Waals surface area contributed by atoms with Gasteiger partial charge in [-0.05, 0) is 104 Å². The van der Waals surface area contributed by atoms with Crippen molar-refractivity contribution in [2.45, 2.75) is 50.2 Å². The minimum Gasteiger partial charge on any atom is -0.425 e. The molecule has 0 fully saturated rings. The third-order valence-electron chi connectivity index (χ3n) is 8.25. The maximum Gasteiger partial charge on any atom is 0.352 e. The third-order valence-corrected chi connectivity index (χ3v) is 10.5. The highest BCUT2D eigenvalue weighted by molar-refractivity contribution is 8.03. The molecule has 4 nitrogen and oxygen atoms in total. The van der Waals surface area contributed by atoms with E-state index in [1.54, 1.807) is 50.6 Å². The largest absolute Gasteiger partial charge is 0.425 e. The molecule has 7 heteroatoms. The van der Waals surface area contributed by atoms with Crippen LogP contribution in [0, 0.1) is 11.3 Å². The average molecular weight is 612 g/mol. The Kier molecular flexibility index (Phi) is 8.13. The van der Waals surface area contributed by atoms with Crippen LogP contribution in [0.15, 0.2) is 108 Å². The molecule has 217 valence electrons. The number of nitriles is 1. The number of fused-ring (bicyclic) bond motifs is 4. The number of benzene rings is 3. The maximum atomic E-state index is 10.6. The lowest BCUT2D eigenvalue weighted by Crippen LogP contribution is -2.49. The summed E-state index contributed by atoms with van der Waals surface area (Å²) in [4.78, 5) is 6.78.